The number of nitrogens with one attached hydrogen (secondary N) is 2. The van der Waals surface area contributed by atoms with Crippen molar-refractivity contribution < 1.29 is 14.3 Å². The molecule has 2 N–H and O–H groups in total. The molecule has 0 saturated carbocycles. The van der Waals surface area contributed by atoms with Gasteiger partial charge in [-0.3, -0.25) is 10.1 Å². The minimum Gasteiger partial charge on any atom is -0.487 e. The number of imide groups is 1. The molecule has 2 rings (SSSR count). The van der Waals surface area contributed by atoms with Crippen LogP contribution in [0.25, 0.3) is 0 Å². The van der Waals surface area contributed by atoms with Gasteiger partial charge in [0.25, 0.3) is 0 Å². The van der Waals surface area contributed by atoms with Gasteiger partial charge in [-0.1, -0.05) is 15.9 Å². The van der Waals surface area contributed by atoms with Gasteiger partial charge in [-0.05, 0) is 32.0 Å². The van der Waals surface area contributed by atoms with E-state index in [4.69, 9.17) is 4.74 Å². The van der Waals surface area contributed by atoms with Crippen molar-refractivity contribution in [2.75, 3.05) is 0 Å². The first kappa shape index (κ1) is 13.9. The Balaban J connectivity index is 2.30. The Morgan fingerprint density at radius 1 is 1.53 bits per heavy atom. The summed E-state index contributed by atoms with van der Waals surface area (Å²) >= 11 is 3.40. The highest BCUT2D eigenvalue weighted by molar-refractivity contribution is 9.10. The molecule has 1 aromatic rings. The third kappa shape index (κ3) is 3.26. The monoisotopic (exact) mass is 326 g/mol. The molecule has 1 heterocycles. The number of halogens is 1. The minimum absolute atomic E-state index is 0.198. The molecule has 5 nitrogen and oxygen atoms in total. The van der Waals surface area contributed by atoms with E-state index in [1.165, 1.54) is 0 Å². The highest BCUT2D eigenvalue weighted by Gasteiger charge is 2.34. The van der Waals surface area contributed by atoms with Crippen LogP contribution in [0.5, 0.6) is 5.75 Å². The molecule has 0 saturated heterocycles. The van der Waals surface area contributed by atoms with Gasteiger partial charge >= 0.3 is 6.03 Å². The molecule has 0 bridgehead atoms. The molecule has 1 aromatic carbocycles. The molecule has 0 spiro atoms. The van der Waals surface area contributed by atoms with E-state index < -0.39 is 6.03 Å². The maximum Gasteiger partial charge on any atom is 0.321 e. The Labute approximate surface area is 119 Å². The Bertz CT molecular complexity index is 517. The molecule has 1 aliphatic rings. The van der Waals surface area contributed by atoms with Crippen molar-refractivity contribution in [1.82, 2.24) is 10.6 Å². The summed E-state index contributed by atoms with van der Waals surface area (Å²) in [4.78, 5) is 21.8. The molecule has 0 aromatic heterocycles. The fourth-order valence-electron chi connectivity index (χ4n) is 2.21. The second-order valence-electron chi connectivity index (χ2n) is 5.04. The lowest BCUT2D eigenvalue weighted by molar-refractivity contribution is -0.108. The fourth-order valence-corrected chi connectivity index (χ4v) is 2.59. The van der Waals surface area contributed by atoms with Crippen LogP contribution in [0.4, 0.5) is 4.79 Å². The topological polar surface area (TPSA) is 67.4 Å². The second kappa shape index (κ2) is 5.21. The number of amides is 3. The van der Waals surface area contributed by atoms with E-state index in [1.807, 2.05) is 32.0 Å². The summed E-state index contributed by atoms with van der Waals surface area (Å²) in [5.74, 6) is 0.746. The number of urea groups is 1. The van der Waals surface area contributed by atoms with Gasteiger partial charge in [-0.25, -0.2) is 4.79 Å². The van der Waals surface area contributed by atoms with E-state index in [-0.39, 0.29) is 11.6 Å². The summed E-state index contributed by atoms with van der Waals surface area (Å²) < 4.78 is 6.80. The number of rotatable bonds is 2. The predicted molar refractivity (Wildman–Crippen MR) is 73.9 cm³/mol. The Morgan fingerprint density at radius 2 is 2.26 bits per heavy atom. The van der Waals surface area contributed by atoms with Gasteiger partial charge in [0, 0.05) is 16.5 Å². The van der Waals surface area contributed by atoms with E-state index in [0.29, 0.717) is 12.8 Å². The summed E-state index contributed by atoms with van der Waals surface area (Å²) in [5.41, 5.74) is 0.523. The van der Waals surface area contributed by atoms with Crippen LogP contribution in [0.3, 0.4) is 0 Å². The van der Waals surface area contributed by atoms with Gasteiger partial charge < -0.3 is 10.1 Å². The van der Waals surface area contributed by atoms with Crippen molar-refractivity contribution in [1.29, 1.82) is 0 Å². The van der Waals surface area contributed by atoms with Crippen LogP contribution in [0.1, 0.15) is 31.9 Å². The van der Waals surface area contributed by atoms with Crippen LogP contribution in [-0.2, 0) is 4.79 Å². The number of fused-ring (bicyclic) bond motifs is 1. The molecular formula is C13H15BrN2O3. The molecule has 0 aliphatic carbocycles. The van der Waals surface area contributed by atoms with Crippen molar-refractivity contribution in [3.63, 3.8) is 0 Å². The highest BCUT2D eigenvalue weighted by Crippen LogP contribution is 2.40. The minimum atomic E-state index is -0.511. The van der Waals surface area contributed by atoms with E-state index in [9.17, 15) is 9.59 Å². The molecule has 0 radical (unpaired) electrons. The number of benzene rings is 1. The maximum atomic E-state index is 11.5. The maximum absolute atomic E-state index is 11.5. The Kier molecular flexibility index (Phi) is 3.80. The van der Waals surface area contributed by atoms with Crippen LogP contribution in [0.2, 0.25) is 0 Å². The third-order valence-electron chi connectivity index (χ3n) is 2.92. The first-order chi connectivity index (χ1) is 8.91. The lowest BCUT2D eigenvalue weighted by Crippen LogP contribution is -2.44. The normalized spacial score (nSPS) is 19.8. The number of hydrogen-bond donors (Lipinski definition) is 2. The highest BCUT2D eigenvalue weighted by atomic mass is 79.9. The fraction of sp³-hybridized carbons (Fsp3) is 0.385. The number of carbonyl (C=O) groups is 2. The van der Waals surface area contributed by atoms with E-state index in [2.05, 4.69) is 26.6 Å². The lowest BCUT2D eigenvalue weighted by atomic mass is 9.90. The summed E-state index contributed by atoms with van der Waals surface area (Å²) in [7, 11) is 0. The molecule has 102 valence electrons. The zero-order valence-electron chi connectivity index (χ0n) is 10.7. The van der Waals surface area contributed by atoms with Gasteiger partial charge in [0.15, 0.2) is 0 Å². The Morgan fingerprint density at radius 3 is 2.95 bits per heavy atom. The van der Waals surface area contributed by atoms with Crippen LogP contribution < -0.4 is 15.4 Å². The molecule has 3 amide bonds. The average Bonchev–Trinajstić information content (AvgIpc) is 2.29. The van der Waals surface area contributed by atoms with Gasteiger partial charge in [-0.2, -0.15) is 0 Å². The largest absolute Gasteiger partial charge is 0.487 e. The quantitative estimate of drug-likeness (QED) is 0.820. The van der Waals surface area contributed by atoms with Crippen LogP contribution in [0.15, 0.2) is 22.7 Å². The van der Waals surface area contributed by atoms with E-state index in [0.717, 1.165) is 15.8 Å². The van der Waals surface area contributed by atoms with Crippen LogP contribution in [0, 0.1) is 0 Å². The van der Waals surface area contributed by atoms with Crippen LogP contribution in [-0.4, -0.2) is 18.0 Å². The molecule has 1 aliphatic heterocycles. The first-order valence-electron chi connectivity index (χ1n) is 5.90. The number of hydrogen-bond acceptors (Lipinski definition) is 3. The SMILES string of the molecule is CC1(C)CC(NC(=O)NC=O)c2cc(Br)ccc2O1. The predicted octanol–water partition coefficient (Wildman–Crippen LogP) is 2.51. The zero-order chi connectivity index (χ0) is 14.0. The van der Waals surface area contributed by atoms with Crippen LogP contribution >= 0.6 is 15.9 Å². The summed E-state index contributed by atoms with van der Waals surface area (Å²) in [6, 6.07) is 4.96. The molecule has 1 unspecified atom stereocenters. The lowest BCUT2D eigenvalue weighted by Gasteiger charge is -2.37. The Hall–Kier alpha value is -1.56. The average molecular weight is 327 g/mol. The first-order valence-corrected chi connectivity index (χ1v) is 6.70. The van der Waals surface area contributed by atoms with E-state index in [1.54, 1.807) is 0 Å². The molecule has 1 atom stereocenters. The summed E-state index contributed by atoms with van der Waals surface area (Å²) in [6.45, 7) is 3.93. The second-order valence-corrected chi connectivity index (χ2v) is 5.95. The number of ether oxygens (including phenoxy) is 1. The van der Waals surface area contributed by atoms with Crippen molar-refractivity contribution in [3.05, 3.63) is 28.2 Å². The molecule has 6 heteroatoms. The van der Waals surface area contributed by atoms with Gasteiger partial charge in [-0.15, -0.1) is 0 Å². The smallest absolute Gasteiger partial charge is 0.321 e. The number of carbonyl (C=O) groups excluding carboxylic acids is 2. The summed E-state index contributed by atoms with van der Waals surface area (Å²) in [5, 5.41) is 4.86. The third-order valence-corrected chi connectivity index (χ3v) is 3.42. The van der Waals surface area contributed by atoms with Crippen molar-refractivity contribution in [3.8, 4) is 5.75 Å². The molecule has 19 heavy (non-hydrogen) atoms. The van der Waals surface area contributed by atoms with Crippen molar-refractivity contribution in [2.45, 2.75) is 31.9 Å². The van der Waals surface area contributed by atoms with Gasteiger partial charge in [0.05, 0.1) is 6.04 Å². The van der Waals surface area contributed by atoms with E-state index >= 15 is 0 Å². The van der Waals surface area contributed by atoms with Gasteiger partial charge in [0.2, 0.25) is 6.41 Å². The summed E-state index contributed by atoms with van der Waals surface area (Å²) in [6.07, 6.45) is 0.990. The standard InChI is InChI=1S/C13H15BrN2O3/c1-13(2)6-10(16-12(18)15-7-17)9-5-8(14)3-4-11(9)19-13/h3-5,7,10H,6H2,1-2H3,(H2,15,16,17,18). The van der Waals surface area contributed by atoms with Gasteiger partial charge in [0.1, 0.15) is 11.4 Å². The zero-order valence-corrected chi connectivity index (χ0v) is 12.3. The molecular weight excluding hydrogens is 312 g/mol. The van der Waals surface area contributed by atoms with Crippen molar-refractivity contribution >= 4 is 28.4 Å². The molecule has 0 fully saturated rings. The van der Waals surface area contributed by atoms with Crippen molar-refractivity contribution in [2.24, 2.45) is 0 Å².